The third-order valence-corrected chi connectivity index (χ3v) is 3.36. The van der Waals surface area contributed by atoms with Crippen molar-refractivity contribution in [2.24, 2.45) is 0 Å². The van der Waals surface area contributed by atoms with Crippen LogP contribution in [0.3, 0.4) is 0 Å². The Morgan fingerprint density at radius 2 is 2.09 bits per heavy atom. The lowest BCUT2D eigenvalue weighted by Gasteiger charge is -1.96. The average molecular weight is 375 g/mol. The maximum atomic E-state index is 11.6. The van der Waals surface area contributed by atoms with Gasteiger partial charge in [0.05, 0.1) is 6.26 Å². The molecule has 116 valence electrons. The third-order valence-electron chi connectivity index (χ3n) is 2.84. The predicted octanol–water partition coefficient (Wildman–Crippen LogP) is 3.85. The molecule has 6 nitrogen and oxygen atoms in total. The summed E-state index contributed by atoms with van der Waals surface area (Å²) in [5.41, 5.74) is 0.812. The van der Waals surface area contributed by atoms with Gasteiger partial charge in [-0.25, -0.2) is 4.79 Å². The zero-order valence-electron chi connectivity index (χ0n) is 11.8. The summed E-state index contributed by atoms with van der Waals surface area (Å²) in [5, 5.41) is 3.85. The highest BCUT2D eigenvalue weighted by molar-refractivity contribution is 9.10. The third kappa shape index (κ3) is 4.17. The summed E-state index contributed by atoms with van der Waals surface area (Å²) in [5.74, 6) is 0.708. The van der Waals surface area contributed by atoms with E-state index < -0.39 is 5.97 Å². The van der Waals surface area contributed by atoms with Crippen molar-refractivity contribution < 1.29 is 18.5 Å². The zero-order valence-corrected chi connectivity index (χ0v) is 13.4. The van der Waals surface area contributed by atoms with Crippen LogP contribution in [0.5, 0.6) is 0 Å². The Balaban J connectivity index is 1.57. The minimum atomic E-state index is -0.523. The summed E-state index contributed by atoms with van der Waals surface area (Å²) in [7, 11) is 0. The lowest BCUT2D eigenvalue weighted by Crippen LogP contribution is -2.00. The minimum Gasteiger partial charge on any atom is -0.465 e. The molecule has 0 amide bonds. The molecular weight excluding hydrogens is 364 g/mol. The first-order chi connectivity index (χ1) is 11.2. The van der Waals surface area contributed by atoms with E-state index in [1.54, 1.807) is 12.1 Å². The highest BCUT2D eigenvalue weighted by atomic mass is 79.9. The second kappa shape index (κ2) is 7.06. The smallest absolute Gasteiger partial charge is 0.331 e. The number of esters is 1. The largest absolute Gasteiger partial charge is 0.465 e. The van der Waals surface area contributed by atoms with Crippen LogP contribution < -0.4 is 0 Å². The fraction of sp³-hybridized carbons (Fsp3) is 0.0625. The summed E-state index contributed by atoms with van der Waals surface area (Å²) in [6.45, 7) is -0.0924. The summed E-state index contributed by atoms with van der Waals surface area (Å²) in [4.78, 5) is 15.8. The molecule has 0 aliphatic heterocycles. The van der Waals surface area contributed by atoms with E-state index in [1.807, 2.05) is 24.3 Å². The highest BCUT2D eigenvalue weighted by Crippen LogP contribution is 2.19. The van der Waals surface area contributed by atoms with Gasteiger partial charge in [-0.1, -0.05) is 21.1 Å². The van der Waals surface area contributed by atoms with Crippen molar-refractivity contribution in [1.82, 2.24) is 10.1 Å². The number of nitrogens with zero attached hydrogens (tertiary/aromatic N) is 2. The first kappa shape index (κ1) is 15.2. The lowest BCUT2D eigenvalue weighted by atomic mass is 10.2. The molecule has 3 rings (SSSR count). The molecule has 0 atom stereocenters. The first-order valence-corrected chi connectivity index (χ1v) is 7.47. The van der Waals surface area contributed by atoms with Gasteiger partial charge in [-0.2, -0.15) is 4.98 Å². The van der Waals surface area contributed by atoms with Gasteiger partial charge < -0.3 is 13.7 Å². The average Bonchev–Trinajstić information content (AvgIpc) is 3.23. The molecule has 7 heteroatoms. The van der Waals surface area contributed by atoms with Crippen LogP contribution in [0.15, 0.2) is 62.2 Å². The first-order valence-electron chi connectivity index (χ1n) is 6.67. The Labute approximate surface area is 139 Å². The Bertz CT molecular complexity index is 807. The molecule has 1 aromatic carbocycles. The molecule has 0 fully saturated rings. The monoisotopic (exact) mass is 374 g/mol. The van der Waals surface area contributed by atoms with Gasteiger partial charge in [-0.3, -0.25) is 0 Å². The number of furan rings is 1. The molecule has 3 aromatic rings. The molecule has 2 aromatic heterocycles. The molecule has 0 aliphatic rings. The zero-order chi connectivity index (χ0) is 16.1. The van der Waals surface area contributed by atoms with Crippen LogP contribution in [0.1, 0.15) is 11.7 Å². The van der Waals surface area contributed by atoms with Gasteiger partial charge in [0.2, 0.25) is 5.82 Å². The molecular formula is C16H11BrN2O4. The summed E-state index contributed by atoms with van der Waals surface area (Å²) < 4.78 is 16.1. The van der Waals surface area contributed by atoms with Crippen molar-refractivity contribution in [3.05, 3.63) is 64.9 Å². The van der Waals surface area contributed by atoms with Crippen LogP contribution in [0.4, 0.5) is 0 Å². The van der Waals surface area contributed by atoms with E-state index in [0.29, 0.717) is 11.6 Å². The summed E-state index contributed by atoms with van der Waals surface area (Å²) in [6, 6.07) is 10.9. The van der Waals surface area contributed by atoms with Crippen LogP contribution in [0.2, 0.25) is 0 Å². The number of benzene rings is 1. The molecule has 0 bridgehead atoms. The van der Waals surface area contributed by atoms with Gasteiger partial charge in [0.25, 0.3) is 5.89 Å². The Kier molecular flexibility index (Phi) is 4.68. The van der Waals surface area contributed by atoms with E-state index in [4.69, 9.17) is 13.7 Å². The Morgan fingerprint density at radius 1 is 1.26 bits per heavy atom. The highest BCUT2D eigenvalue weighted by Gasteiger charge is 2.10. The number of carbonyl (C=O) groups excluding carboxylic acids is 1. The quantitative estimate of drug-likeness (QED) is 0.498. The maximum absolute atomic E-state index is 11.6. The van der Waals surface area contributed by atoms with Crippen LogP contribution in [-0.4, -0.2) is 16.1 Å². The van der Waals surface area contributed by atoms with Gasteiger partial charge in [0.1, 0.15) is 5.76 Å². The standard InChI is InChI=1S/C16H11BrN2O4/c17-12-5-3-11(4-6-12)16-18-14(23-19-16)10-22-15(20)8-7-13-2-1-9-21-13/h1-9H,10H2/b8-7+. The fourth-order valence-corrected chi connectivity index (χ4v) is 2.01. The summed E-state index contributed by atoms with van der Waals surface area (Å²) in [6.07, 6.45) is 4.31. The minimum absolute atomic E-state index is 0.0924. The molecule has 0 aliphatic carbocycles. The van der Waals surface area contributed by atoms with E-state index in [-0.39, 0.29) is 12.5 Å². The Hall–Kier alpha value is -2.67. The van der Waals surface area contributed by atoms with Crippen molar-refractivity contribution >= 4 is 28.0 Å². The van der Waals surface area contributed by atoms with Crippen LogP contribution in [0.25, 0.3) is 17.5 Å². The molecule has 0 N–H and O–H groups in total. The van der Waals surface area contributed by atoms with Gasteiger partial charge in [0.15, 0.2) is 6.61 Å². The second-order valence-electron chi connectivity index (χ2n) is 4.48. The van der Waals surface area contributed by atoms with Crippen LogP contribution >= 0.6 is 15.9 Å². The van der Waals surface area contributed by atoms with Crippen LogP contribution in [-0.2, 0) is 16.1 Å². The molecule has 2 heterocycles. The number of carbonyl (C=O) groups is 1. The topological polar surface area (TPSA) is 78.4 Å². The molecule has 0 radical (unpaired) electrons. The Morgan fingerprint density at radius 3 is 2.83 bits per heavy atom. The predicted molar refractivity (Wildman–Crippen MR) is 85.0 cm³/mol. The van der Waals surface area contributed by atoms with Crippen LogP contribution in [0, 0.1) is 0 Å². The SMILES string of the molecule is O=C(/C=C/c1ccco1)OCc1nc(-c2ccc(Br)cc2)no1. The van der Waals surface area contributed by atoms with Gasteiger partial charge in [-0.05, 0) is 42.5 Å². The molecule has 0 saturated carbocycles. The van der Waals surface area contributed by atoms with Gasteiger partial charge in [0, 0.05) is 16.1 Å². The van der Waals surface area contributed by atoms with E-state index in [9.17, 15) is 4.79 Å². The molecule has 0 spiro atoms. The van der Waals surface area contributed by atoms with Gasteiger partial charge in [-0.15, -0.1) is 0 Å². The summed E-state index contributed by atoms with van der Waals surface area (Å²) >= 11 is 3.36. The van der Waals surface area contributed by atoms with Crippen molar-refractivity contribution in [3.8, 4) is 11.4 Å². The number of rotatable bonds is 5. The number of hydrogen-bond donors (Lipinski definition) is 0. The van der Waals surface area contributed by atoms with Crippen molar-refractivity contribution in [2.75, 3.05) is 0 Å². The van der Waals surface area contributed by atoms with Crippen molar-refractivity contribution in [3.63, 3.8) is 0 Å². The maximum Gasteiger partial charge on any atom is 0.331 e. The van der Waals surface area contributed by atoms with E-state index in [1.165, 1.54) is 18.4 Å². The normalized spacial score (nSPS) is 11.0. The molecule has 23 heavy (non-hydrogen) atoms. The number of halogens is 1. The number of hydrogen-bond acceptors (Lipinski definition) is 6. The van der Waals surface area contributed by atoms with E-state index in [2.05, 4.69) is 26.1 Å². The van der Waals surface area contributed by atoms with Gasteiger partial charge >= 0.3 is 5.97 Å². The van der Waals surface area contributed by atoms with E-state index in [0.717, 1.165) is 10.0 Å². The lowest BCUT2D eigenvalue weighted by molar-refractivity contribution is -0.139. The van der Waals surface area contributed by atoms with E-state index >= 15 is 0 Å². The molecule has 0 saturated heterocycles. The molecule has 0 unspecified atom stereocenters. The number of ether oxygens (including phenoxy) is 1. The number of aromatic nitrogens is 2. The second-order valence-corrected chi connectivity index (χ2v) is 5.39. The van der Waals surface area contributed by atoms with Crippen molar-refractivity contribution in [1.29, 1.82) is 0 Å². The van der Waals surface area contributed by atoms with Crippen molar-refractivity contribution in [2.45, 2.75) is 6.61 Å². The fourth-order valence-electron chi connectivity index (χ4n) is 1.75.